The minimum atomic E-state index is 0.462. The second kappa shape index (κ2) is 5.94. The fourth-order valence-corrected chi connectivity index (χ4v) is 2.27. The van der Waals surface area contributed by atoms with Gasteiger partial charge in [-0.1, -0.05) is 18.5 Å². The Morgan fingerprint density at radius 2 is 2.05 bits per heavy atom. The van der Waals surface area contributed by atoms with Gasteiger partial charge in [-0.05, 0) is 44.0 Å². The first kappa shape index (κ1) is 14.4. The first-order valence-electron chi connectivity index (χ1n) is 6.39. The van der Waals surface area contributed by atoms with Crippen molar-refractivity contribution in [2.45, 2.75) is 27.2 Å². The zero-order chi connectivity index (χ0) is 14.7. The summed E-state index contributed by atoms with van der Waals surface area (Å²) in [6, 6.07) is 9.41. The maximum absolute atomic E-state index is 9.22. The van der Waals surface area contributed by atoms with Gasteiger partial charge in [0, 0.05) is 16.8 Å². The molecule has 2 rings (SSSR count). The van der Waals surface area contributed by atoms with E-state index in [-0.39, 0.29) is 0 Å². The zero-order valence-corrected chi connectivity index (χ0v) is 12.5. The van der Waals surface area contributed by atoms with Crippen LogP contribution >= 0.6 is 11.6 Å². The smallest absolute Gasteiger partial charge is 0.148 e. The van der Waals surface area contributed by atoms with E-state index in [2.05, 4.69) is 11.1 Å². The number of benzene rings is 1. The van der Waals surface area contributed by atoms with Crippen LogP contribution in [-0.4, -0.2) is 4.98 Å². The molecule has 0 aliphatic heterocycles. The second-order valence-electron chi connectivity index (χ2n) is 4.54. The Bertz CT molecular complexity index is 690. The monoisotopic (exact) mass is 286 g/mol. The van der Waals surface area contributed by atoms with Crippen LogP contribution < -0.4 is 4.74 Å². The number of hydrogen-bond acceptors (Lipinski definition) is 3. The molecule has 0 atom stereocenters. The summed E-state index contributed by atoms with van der Waals surface area (Å²) in [5, 5.41) is 9.95. The molecule has 0 radical (unpaired) electrons. The lowest BCUT2D eigenvalue weighted by Gasteiger charge is -2.11. The number of halogens is 1. The molecule has 3 nitrogen and oxygen atoms in total. The number of nitriles is 1. The van der Waals surface area contributed by atoms with Gasteiger partial charge in [0.1, 0.15) is 23.1 Å². The molecular formula is C16H15ClN2O. The molecule has 4 heteroatoms. The molecule has 0 spiro atoms. The molecule has 20 heavy (non-hydrogen) atoms. The van der Waals surface area contributed by atoms with Gasteiger partial charge in [-0.25, -0.2) is 0 Å². The molecule has 0 saturated carbocycles. The molecule has 0 fully saturated rings. The third-order valence-electron chi connectivity index (χ3n) is 3.03. The molecule has 102 valence electrons. The first-order valence-corrected chi connectivity index (χ1v) is 6.77. The van der Waals surface area contributed by atoms with Crippen molar-refractivity contribution < 1.29 is 4.74 Å². The van der Waals surface area contributed by atoms with Crippen molar-refractivity contribution in [3.63, 3.8) is 0 Å². The summed E-state index contributed by atoms with van der Waals surface area (Å²) in [7, 11) is 0. The van der Waals surface area contributed by atoms with Gasteiger partial charge in [0.15, 0.2) is 0 Å². The maximum atomic E-state index is 9.22. The Morgan fingerprint density at radius 3 is 2.70 bits per heavy atom. The van der Waals surface area contributed by atoms with Crippen molar-refractivity contribution in [1.29, 1.82) is 5.26 Å². The molecular weight excluding hydrogens is 272 g/mol. The summed E-state index contributed by atoms with van der Waals surface area (Å²) in [4.78, 5) is 4.27. The van der Waals surface area contributed by atoms with E-state index in [0.29, 0.717) is 22.8 Å². The van der Waals surface area contributed by atoms with E-state index >= 15 is 0 Å². The molecule has 0 N–H and O–H groups in total. The van der Waals surface area contributed by atoms with Gasteiger partial charge >= 0.3 is 0 Å². The molecule has 1 heterocycles. The first-order chi connectivity index (χ1) is 9.55. The maximum Gasteiger partial charge on any atom is 0.148 e. The van der Waals surface area contributed by atoms with Crippen molar-refractivity contribution in [2.75, 3.05) is 0 Å². The van der Waals surface area contributed by atoms with Crippen molar-refractivity contribution in [2.24, 2.45) is 0 Å². The minimum absolute atomic E-state index is 0.462. The molecule has 0 amide bonds. The van der Waals surface area contributed by atoms with E-state index in [1.807, 2.05) is 26.0 Å². The fraction of sp³-hybridized carbons (Fsp3) is 0.250. The SMILES string of the molecule is CCc1cc(Oc2cc(C)nc(C)c2C#N)ccc1Cl. The van der Waals surface area contributed by atoms with Gasteiger partial charge in [-0.3, -0.25) is 4.98 Å². The van der Waals surface area contributed by atoms with Crippen LogP contribution in [-0.2, 0) is 6.42 Å². The van der Waals surface area contributed by atoms with Crippen LogP contribution in [0, 0.1) is 25.2 Å². The number of pyridine rings is 1. The van der Waals surface area contributed by atoms with E-state index in [4.69, 9.17) is 16.3 Å². The van der Waals surface area contributed by atoms with E-state index in [1.54, 1.807) is 19.1 Å². The molecule has 0 bridgehead atoms. The third kappa shape index (κ3) is 2.92. The summed E-state index contributed by atoms with van der Waals surface area (Å²) in [6.07, 6.45) is 0.829. The highest BCUT2D eigenvalue weighted by atomic mass is 35.5. The number of hydrogen-bond donors (Lipinski definition) is 0. The molecule has 0 saturated heterocycles. The largest absolute Gasteiger partial charge is 0.456 e. The normalized spacial score (nSPS) is 10.2. The predicted molar refractivity (Wildman–Crippen MR) is 79.3 cm³/mol. The summed E-state index contributed by atoms with van der Waals surface area (Å²) in [5.74, 6) is 1.20. The van der Waals surface area contributed by atoms with Crippen LogP contribution in [0.4, 0.5) is 0 Å². The van der Waals surface area contributed by atoms with Gasteiger partial charge in [-0.2, -0.15) is 5.26 Å². The van der Waals surface area contributed by atoms with Crippen LogP contribution in [0.2, 0.25) is 5.02 Å². The molecule has 2 aromatic rings. The fourth-order valence-electron chi connectivity index (χ4n) is 2.02. The van der Waals surface area contributed by atoms with Crippen molar-refractivity contribution >= 4 is 11.6 Å². The lowest BCUT2D eigenvalue weighted by molar-refractivity contribution is 0.478. The molecule has 1 aromatic heterocycles. The highest BCUT2D eigenvalue weighted by molar-refractivity contribution is 6.31. The molecule has 0 aliphatic carbocycles. The van der Waals surface area contributed by atoms with E-state index < -0.39 is 0 Å². The number of nitrogens with zero attached hydrogens (tertiary/aromatic N) is 2. The standard InChI is InChI=1S/C16H15ClN2O/c1-4-12-8-13(5-6-15(12)17)20-16-7-10(2)19-11(3)14(16)9-18/h5-8H,4H2,1-3H3. The number of aromatic nitrogens is 1. The third-order valence-corrected chi connectivity index (χ3v) is 3.40. The van der Waals surface area contributed by atoms with Crippen LogP contribution in [0.25, 0.3) is 0 Å². The van der Waals surface area contributed by atoms with Crippen molar-refractivity contribution in [1.82, 2.24) is 4.98 Å². The highest BCUT2D eigenvalue weighted by Crippen LogP contribution is 2.30. The van der Waals surface area contributed by atoms with Crippen molar-refractivity contribution in [3.05, 3.63) is 51.8 Å². The summed E-state index contributed by atoms with van der Waals surface area (Å²) in [5.41, 5.74) is 2.97. The Hall–Kier alpha value is -2.05. The summed E-state index contributed by atoms with van der Waals surface area (Å²) >= 11 is 6.09. The van der Waals surface area contributed by atoms with Gasteiger partial charge < -0.3 is 4.74 Å². The van der Waals surface area contributed by atoms with Crippen LogP contribution in [0.3, 0.4) is 0 Å². The predicted octanol–water partition coefficient (Wildman–Crippen LogP) is 4.58. The van der Waals surface area contributed by atoms with Crippen LogP contribution in [0.1, 0.15) is 29.4 Å². The Balaban J connectivity index is 2.42. The van der Waals surface area contributed by atoms with Crippen LogP contribution in [0.15, 0.2) is 24.3 Å². The molecule has 0 unspecified atom stereocenters. The van der Waals surface area contributed by atoms with E-state index in [9.17, 15) is 5.26 Å². The average Bonchev–Trinajstić information content (AvgIpc) is 2.40. The van der Waals surface area contributed by atoms with E-state index in [1.165, 1.54) is 0 Å². The summed E-state index contributed by atoms with van der Waals surface area (Å²) in [6.45, 7) is 5.71. The second-order valence-corrected chi connectivity index (χ2v) is 4.95. The Kier molecular flexibility index (Phi) is 4.26. The quantitative estimate of drug-likeness (QED) is 0.830. The molecule has 1 aromatic carbocycles. The van der Waals surface area contributed by atoms with Crippen LogP contribution in [0.5, 0.6) is 11.5 Å². The van der Waals surface area contributed by atoms with Gasteiger partial charge in [-0.15, -0.1) is 0 Å². The molecule has 0 aliphatic rings. The summed E-state index contributed by atoms with van der Waals surface area (Å²) < 4.78 is 5.84. The van der Waals surface area contributed by atoms with Gasteiger partial charge in [0.25, 0.3) is 0 Å². The Morgan fingerprint density at radius 1 is 1.30 bits per heavy atom. The number of aryl methyl sites for hydroxylation is 3. The topological polar surface area (TPSA) is 45.9 Å². The highest BCUT2D eigenvalue weighted by Gasteiger charge is 2.11. The van der Waals surface area contributed by atoms with Gasteiger partial charge in [0.2, 0.25) is 0 Å². The lowest BCUT2D eigenvalue weighted by atomic mass is 10.1. The van der Waals surface area contributed by atoms with E-state index in [0.717, 1.165) is 22.7 Å². The van der Waals surface area contributed by atoms with Gasteiger partial charge in [0.05, 0.1) is 5.69 Å². The lowest BCUT2D eigenvalue weighted by Crippen LogP contribution is -1.96. The minimum Gasteiger partial charge on any atom is -0.456 e. The number of ether oxygens (including phenoxy) is 1. The number of rotatable bonds is 3. The Labute approximate surface area is 123 Å². The zero-order valence-electron chi connectivity index (χ0n) is 11.7. The average molecular weight is 287 g/mol. The van der Waals surface area contributed by atoms with Crippen molar-refractivity contribution in [3.8, 4) is 17.6 Å².